The van der Waals surface area contributed by atoms with Gasteiger partial charge < -0.3 is 9.52 Å². The van der Waals surface area contributed by atoms with E-state index in [9.17, 15) is 9.90 Å². The number of furan rings is 1. The van der Waals surface area contributed by atoms with Crippen molar-refractivity contribution in [2.45, 2.75) is 79.6 Å². The number of aliphatic hydroxyl groups excluding tert-OH is 1. The minimum absolute atomic E-state index is 0. The van der Waals surface area contributed by atoms with E-state index in [0.717, 1.165) is 70.6 Å². The van der Waals surface area contributed by atoms with E-state index in [0.29, 0.717) is 0 Å². The molecule has 1 N–H and O–H groups in total. The quantitative estimate of drug-likeness (QED) is 0.0798. The Balaban J connectivity index is 0.000000323. The number of carbonyl (C=O) groups excluding carboxylic acids is 1. The fraction of sp³-hybridized carbons (Fsp3) is 0.304. The summed E-state index contributed by atoms with van der Waals surface area (Å²) in [6.45, 7) is 14.8. The Morgan fingerprint density at radius 2 is 1.37 bits per heavy atom. The molecular weight excluding hydrogens is 821 g/mol. The molecule has 2 aromatic heterocycles. The summed E-state index contributed by atoms with van der Waals surface area (Å²) >= 11 is 0. The second-order valence-electron chi connectivity index (χ2n) is 14.1. The molecule has 0 fully saturated rings. The van der Waals surface area contributed by atoms with Crippen molar-refractivity contribution in [3.8, 4) is 11.3 Å². The molecule has 0 atom stereocenters. The second-order valence-corrected chi connectivity index (χ2v) is 14.1. The van der Waals surface area contributed by atoms with Crippen LogP contribution in [0.3, 0.4) is 0 Å². The van der Waals surface area contributed by atoms with Crippen molar-refractivity contribution in [1.82, 2.24) is 4.98 Å². The summed E-state index contributed by atoms with van der Waals surface area (Å²) in [6, 6.07) is 38.9. The molecule has 6 heteroatoms. The Morgan fingerprint density at radius 1 is 0.808 bits per heavy atom. The Labute approximate surface area is 323 Å². The maximum Gasteiger partial charge on any atom is 0.204 e. The molecule has 0 spiro atoms. The molecule has 273 valence electrons. The number of hydrogen-bond acceptors (Lipinski definition) is 5. The van der Waals surface area contributed by atoms with E-state index in [1.54, 1.807) is 0 Å². The van der Waals surface area contributed by atoms with Gasteiger partial charge in [0, 0.05) is 72.7 Å². The third-order valence-electron chi connectivity index (χ3n) is 9.59. The van der Waals surface area contributed by atoms with Gasteiger partial charge in [-0.05, 0) is 61.4 Å². The molecule has 1 radical (unpaired) electrons. The van der Waals surface area contributed by atoms with E-state index in [4.69, 9.17) is 9.40 Å². The van der Waals surface area contributed by atoms with Gasteiger partial charge in [0.25, 0.3) is 0 Å². The van der Waals surface area contributed by atoms with Gasteiger partial charge in [0.1, 0.15) is 5.58 Å². The fourth-order valence-corrected chi connectivity index (χ4v) is 6.57. The van der Waals surface area contributed by atoms with E-state index < -0.39 is 0 Å². The zero-order valence-electron chi connectivity index (χ0n) is 31.4. The van der Waals surface area contributed by atoms with E-state index >= 15 is 0 Å². The molecule has 52 heavy (non-hydrogen) atoms. The SMILES string of the molecule is CC(C)(C)c1cc(-c2nccc3cc(N(c4ccccc4)c4ccccc4)oc23)[c-]c2ccccc12.CCC(CC)C(=O)/C=C(\O)C(CC)CC.[Ir]. The van der Waals surface area contributed by atoms with Crippen molar-refractivity contribution in [2.24, 2.45) is 11.8 Å². The molecule has 0 aliphatic carbocycles. The summed E-state index contributed by atoms with van der Waals surface area (Å²) in [5.74, 6) is 1.29. The molecule has 4 aromatic carbocycles. The number of hydrogen-bond donors (Lipinski definition) is 1. The molecule has 0 unspecified atom stereocenters. The number of anilines is 3. The summed E-state index contributed by atoms with van der Waals surface area (Å²) in [7, 11) is 0. The van der Waals surface area contributed by atoms with Gasteiger partial charge >= 0.3 is 0 Å². The first kappa shape index (κ1) is 40.3. The number of para-hydroxylation sites is 2. The maximum atomic E-state index is 11.7. The normalized spacial score (nSPS) is 11.8. The van der Waals surface area contributed by atoms with Crippen LogP contribution in [0.2, 0.25) is 0 Å². The van der Waals surface area contributed by atoms with Gasteiger partial charge in [-0.2, -0.15) is 0 Å². The molecule has 0 saturated heterocycles. The molecule has 6 aromatic rings. The third-order valence-corrected chi connectivity index (χ3v) is 9.59. The summed E-state index contributed by atoms with van der Waals surface area (Å²) in [5, 5.41) is 13.1. The monoisotopic (exact) mass is 872 g/mol. The first-order valence-electron chi connectivity index (χ1n) is 18.3. The van der Waals surface area contributed by atoms with Crippen LogP contribution in [-0.2, 0) is 30.3 Å². The van der Waals surface area contributed by atoms with Crippen molar-refractivity contribution in [2.75, 3.05) is 4.90 Å². The second kappa shape index (κ2) is 18.3. The zero-order chi connectivity index (χ0) is 36.5. The number of allylic oxidation sites excluding steroid dienone is 2. The van der Waals surface area contributed by atoms with Gasteiger partial charge in [0.05, 0.1) is 5.76 Å². The average Bonchev–Trinajstić information content (AvgIpc) is 3.57. The van der Waals surface area contributed by atoms with Crippen molar-refractivity contribution >= 4 is 44.8 Å². The molecule has 5 nitrogen and oxygen atoms in total. The summed E-state index contributed by atoms with van der Waals surface area (Å²) in [6.07, 6.45) is 6.76. The van der Waals surface area contributed by atoms with E-state index in [1.807, 2.05) is 76.4 Å². The van der Waals surface area contributed by atoms with Gasteiger partial charge in [-0.3, -0.25) is 14.7 Å². The number of pyridine rings is 1. The van der Waals surface area contributed by atoms with Crippen LogP contribution >= 0.6 is 0 Å². The minimum atomic E-state index is -0.0247. The van der Waals surface area contributed by atoms with Crippen LogP contribution in [0.25, 0.3) is 33.0 Å². The minimum Gasteiger partial charge on any atom is -0.512 e. The number of carbonyl (C=O) groups is 1. The molecule has 0 aliphatic rings. The molecule has 0 amide bonds. The van der Waals surface area contributed by atoms with Crippen LogP contribution in [-0.4, -0.2) is 15.9 Å². The first-order valence-corrected chi connectivity index (χ1v) is 18.3. The van der Waals surface area contributed by atoms with E-state index in [-0.39, 0.29) is 48.9 Å². The Hall–Kier alpha value is -4.51. The summed E-state index contributed by atoms with van der Waals surface area (Å²) < 4.78 is 6.61. The predicted molar refractivity (Wildman–Crippen MR) is 213 cm³/mol. The first-order chi connectivity index (χ1) is 24.6. The van der Waals surface area contributed by atoms with Gasteiger partial charge in [0.2, 0.25) is 5.88 Å². The number of fused-ring (bicyclic) bond motifs is 2. The third kappa shape index (κ3) is 9.28. The van der Waals surface area contributed by atoms with Crippen LogP contribution in [0.15, 0.2) is 126 Å². The maximum absolute atomic E-state index is 11.7. The number of aliphatic hydroxyl groups is 1. The summed E-state index contributed by atoms with van der Waals surface area (Å²) in [4.78, 5) is 18.6. The Kier molecular flexibility index (Phi) is 14.2. The van der Waals surface area contributed by atoms with Crippen LogP contribution in [0.4, 0.5) is 17.3 Å². The molecule has 0 bridgehead atoms. The van der Waals surface area contributed by atoms with Crippen LogP contribution in [0.5, 0.6) is 0 Å². The van der Waals surface area contributed by atoms with E-state index in [1.165, 1.54) is 17.0 Å². The summed E-state index contributed by atoms with van der Waals surface area (Å²) in [5.41, 5.74) is 5.81. The van der Waals surface area contributed by atoms with Crippen molar-refractivity contribution < 1.29 is 34.4 Å². The van der Waals surface area contributed by atoms with Gasteiger partial charge in [-0.1, -0.05) is 114 Å². The number of nitrogens with zero attached hydrogens (tertiary/aromatic N) is 2. The van der Waals surface area contributed by atoms with Crippen molar-refractivity contribution in [3.05, 3.63) is 133 Å². The zero-order valence-corrected chi connectivity index (χ0v) is 33.8. The molecule has 0 aliphatic heterocycles. The Morgan fingerprint density at radius 3 is 1.92 bits per heavy atom. The standard InChI is InChI=1S/C33H27N2O.C13H24O2.Ir/c1-33(2,3)29-21-25(20-23-12-10-11-17-28(23)29)31-32-24(18-19-34-31)22-30(36-32)35(26-13-6-4-7-14-26)27-15-8-5-9-16-27;1-5-10(6-2)12(14)9-13(15)11(7-3)8-4;/h4-19,21-22H,1-3H3;9-11,14H,5-8H2,1-4H3;/q-1;;/b;12-9-;. The number of benzene rings is 4. The van der Waals surface area contributed by atoms with Crippen molar-refractivity contribution in [3.63, 3.8) is 0 Å². The molecule has 6 rings (SSSR count). The van der Waals surface area contributed by atoms with Crippen LogP contribution in [0.1, 0.15) is 79.7 Å². The fourth-order valence-electron chi connectivity index (χ4n) is 6.57. The van der Waals surface area contributed by atoms with Gasteiger partial charge in [-0.25, -0.2) is 0 Å². The average molecular weight is 872 g/mol. The topological polar surface area (TPSA) is 66.6 Å². The predicted octanol–water partition coefficient (Wildman–Crippen LogP) is 13.1. The molecule has 2 heterocycles. The Bertz CT molecular complexity index is 2030. The number of rotatable bonds is 11. The number of ketones is 1. The van der Waals surface area contributed by atoms with Crippen LogP contribution in [0, 0.1) is 17.9 Å². The van der Waals surface area contributed by atoms with Crippen LogP contribution < -0.4 is 4.90 Å². The number of aromatic nitrogens is 1. The largest absolute Gasteiger partial charge is 0.512 e. The molecular formula is C46H51IrN2O3-. The van der Waals surface area contributed by atoms with E-state index in [2.05, 4.69) is 92.4 Å². The smallest absolute Gasteiger partial charge is 0.204 e. The van der Waals surface area contributed by atoms with Crippen molar-refractivity contribution in [1.29, 1.82) is 0 Å². The van der Waals surface area contributed by atoms with Gasteiger partial charge in [0.15, 0.2) is 5.78 Å². The molecule has 0 saturated carbocycles. The van der Waals surface area contributed by atoms with Gasteiger partial charge in [-0.15, -0.1) is 29.1 Å².